The maximum atomic E-state index is 12.8. The van der Waals surface area contributed by atoms with Crippen molar-refractivity contribution in [3.63, 3.8) is 0 Å². The molecular formula is C20H21ClN2O2S. The molecule has 6 heteroatoms. The Morgan fingerprint density at radius 2 is 2.19 bits per heavy atom. The molecule has 0 fully saturated rings. The zero-order valence-electron chi connectivity index (χ0n) is 14.6. The normalized spacial score (nSPS) is 12.3. The van der Waals surface area contributed by atoms with Gasteiger partial charge >= 0.3 is 0 Å². The summed E-state index contributed by atoms with van der Waals surface area (Å²) in [6.45, 7) is 2.91. The summed E-state index contributed by atoms with van der Waals surface area (Å²) in [6.07, 6.45) is 3.71. The molecule has 2 heterocycles. The Morgan fingerprint density at radius 3 is 2.92 bits per heavy atom. The first kappa shape index (κ1) is 18.8. The molecule has 0 radical (unpaired) electrons. The summed E-state index contributed by atoms with van der Waals surface area (Å²) in [5.74, 6) is 0.0109. The highest BCUT2D eigenvalue weighted by molar-refractivity contribution is 7.22. The van der Waals surface area contributed by atoms with Crippen molar-refractivity contribution in [2.75, 3.05) is 13.1 Å². The molecule has 1 N–H and O–H groups in total. The summed E-state index contributed by atoms with van der Waals surface area (Å²) >= 11 is 7.57. The van der Waals surface area contributed by atoms with Gasteiger partial charge in [-0.25, -0.2) is 0 Å². The quantitative estimate of drug-likeness (QED) is 0.649. The minimum atomic E-state index is -0.738. The molecule has 1 amide bonds. The molecule has 0 aliphatic heterocycles. The predicted molar refractivity (Wildman–Crippen MR) is 107 cm³/mol. The first-order chi connectivity index (χ1) is 12.6. The third-order valence-electron chi connectivity index (χ3n) is 4.22. The van der Waals surface area contributed by atoms with E-state index in [1.807, 2.05) is 37.3 Å². The second-order valence-corrected chi connectivity index (χ2v) is 7.96. The molecule has 0 saturated carbocycles. The lowest BCUT2D eigenvalue weighted by Crippen LogP contribution is -2.36. The Balaban J connectivity index is 1.70. The van der Waals surface area contributed by atoms with Crippen LogP contribution in [0.15, 0.2) is 48.8 Å². The van der Waals surface area contributed by atoms with Crippen LogP contribution in [0.5, 0.6) is 0 Å². The lowest BCUT2D eigenvalue weighted by atomic mass is 10.1. The second kappa shape index (κ2) is 8.62. The molecule has 3 rings (SSSR count). The van der Waals surface area contributed by atoms with Crippen LogP contribution < -0.4 is 0 Å². The number of aliphatic hydroxyl groups excluding tert-OH is 1. The first-order valence-corrected chi connectivity index (χ1v) is 9.80. The van der Waals surface area contributed by atoms with Gasteiger partial charge in [-0.2, -0.15) is 0 Å². The molecule has 0 unspecified atom stereocenters. The molecule has 136 valence electrons. The molecule has 3 aromatic rings. The minimum Gasteiger partial charge on any atom is -0.386 e. The van der Waals surface area contributed by atoms with Gasteiger partial charge in [0.15, 0.2) is 0 Å². The highest BCUT2D eigenvalue weighted by Crippen LogP contribution is 2.30. The van der Waals surface area contributed by atoms with Crippen LogP contribution >= 0.6 is 22.9 Å². The van der Waals surface area contributed by atoms with Gasteiger partial charge < -0.3 is 10.0 Å². The lowest BCUT2D eigenvalue weighted by molar-refractivity contribution is -0.132. The third kappa shape index (κ3) is 4.61. The van der Waals surface area contributed by atoms with Gasteiger partial charge in [0.25, 0.3) is 0 Å². The monoisotopic (exact) mass is 388 g/mol. The van der Waals surface area contributed by atoms with E-state index in [0.29, 0.717) is 13.0 Å². The Kier molecular flexibility index (Phi) is 6.25. The van der Waals surface area contributed by atoms with Crippen molar-refractivity contribution in [2.24, 2.45) is 0 Å². The van der Waals surface area contributed by atoms with Crippen molar-refractivity contribution in [1.29, 1.82) is 0 Å². The molecule has 0 aliphatic rings. The molecule has 0 aliphatic carbocycles. The standard InChI is InChI=1S/C20H21ClN2O2S/c1-2-8-23(13-17(24)16-4-3-7-22-12-16)20(25)10-14-5-6-15-11-19(21)26-18(15)9-14/h3-7,9,11-12,17,24H,2,8,10,13H2,1H3/t17-/m1/s1. The Morgan fingerprint density at radius 1 is 1.35 bits per heavy atom. The minimum absolute atomic E-state index is 0.0109. The fourth-order valence-corrected chi connectivity index (χ4v) is 4.13. The Hall–Kier alpha value is -1.95. The SMILES string of the molecule is CCCN(C[C@@H](O)c1cccnc1)C(=O)Cc1ccc2cc(Cl)sc2c1. The maximum absolute atomic E-state index is 12.8. The van der Waals surface area contributed by atoms with Crippen LogP contribution in [0.25, 0.3) is 10.1 Å². The zero-order chi connectivity index (χ0) is 18.5. The van der Waals surface area contributed by atoms with Crippen LogP contribution in [0.4, 0.5) is 0 Å². The number of aliphatic hydroxyl groups is 1. The van der Waals surface area contributed by atoms with Crippen LogP contribution in [0.3, 0.4) is 0 Å². The second-order valence-electron chi connectivity index (χ2n) is 6.24. The summed E-state index contributed by atoms with van der Waals surface area (Å²) in [5.41, 5.74) is 1.68. The number of carbonyl (C=O) groups is 1. The van der Waals surface area contributed by atoms with Crippen LogP contribution in [-0.2, 0) is 11.2 Å². The van der Waals surface area contributed by atoms with Gasteiger partial charge in [0.2, 0.25) is 5.91 Å². The van der Waals surface area contributed by atoms with Crippen LogP contribution in [0, 0.1) is 0 Å². The molecule has 2 aromatic heterocycles. The number of nitrogens with zero attached hydrogens (tertiary/aromatic N) is 2. The van der Waals surface area contributed by atoms with Crippen LogP contribution in [-0.4, -0.2) is 34.0 Å². The number of amides is 1. The van der Waals surface area contributed by atoms with E-state index in [9.17, 15) is 9.90 Å². The van der Waals surface area contributed by atoms with E-state index in [4.69, 9.17) is 11.6 Å². The van der Waals surface area contributed by atoms with Crippen LogP contribution in [0.2, 0.25) is 4.34 Å². The molecule has 26 heavy (non-hydrogen) atoms. The summed E-state index contributed by atoms with van der Waals surface area (Å²) < 4.78 is 1.83. The Labute approximate surface area is 162 Å². The van der Waals surface area contributed by atoms with Crippen molar-refractivity contribution in [1.82, 2.24) is 9.88 Å². The molecule has 4 nitrogen and oxygen atoms in total. The molecule has 0 saturated heterocycles. The number of hydrogen-bond acceptors (Lipinski definition) is 4. The molecule has 0 spiro atoms. The maximum Gasteiger partial charge on any atom is 0.227 e. The van der Waals surface area contributed by atoms with Gasteiger partial charge in [-0.15, -0.1) is 11.3 Å². The molecule has 0 bridgehead atoms. The van der Waals surface area contributed by atoms with Gasteiger partial charge in [-0.3, -0.25) is 9.78 Å². The van der Waals surface area contributed by atoms with Gasteiger partial charge in [-0.1, -0.05) is 36.7 Å². The lowest BCUT2D eigenvalue weighted by Gasteiger charge is -2.25. The average molecular weight is 389 g/mol. The van der Waals surface area contributed by atoms with E-state index >= 15 is 0 Å². The number of fused-ring (bicyclic) bond motifs is 1. The number of aromatic nitrogens is 1. The fraction of sp³-hybridized carbons (Fsp3) is 0.300. The van der Waals surface area contributed by atoms with E-state index in [1.54, 1.807) is 23.4 Å². The number of thiophene rings is 1. The van der Waals surface area contributed by atoms with Crippen molar-refractivity contribution in [2.45, 2.75) is 25.9 Å². The van der Waals surface area contributed by atoms with Crippen molar-refractivity contribution in [3.05, 3.63) is 64.3 Å². The number of rotatable bonds is 7. The van der Waals surface area contributed by atoms with E-state index in [-0.39, 0.29) is 12.5 Å². The predicted octanol–water partition coefficient (Wildman–Crippen LogP) is 4.46. The van der Waals surface area contributed by atoms with Crippen LogP contribution in [0.1, 0.15) is 30.6 Å². The average Bonchev–Trinajstić information content (AvgIpc) is 3.01. The van der Waals surface area contributed by atoms with Crippen molar-refractivity contribution >= 4 is 38.9 Å². The van der Waals surface area contributed by atoms with Crippen molar-refractivity contribution < 1.29 is 9.90 Å². The molecule has 1 aromatic carbocycles. The van der Waals surface area contributed by atoms with Gasteiger partial charge in [-0.05, 0) is 35.6 Å². The number of hydrogen-bond donors (Lipinski definition) is 1. The highest BCUT2D eigenvalue weighted by Gasteiger charge is 2.19. The fourth-order valence-electron chi connectivity index (χ4n) is 2.91. The highest BCUT2D eigenvalue weighted by atomic mass is 35.5. The summed E-state index contributed by atoms with van der Waals surface area (Å²) in [6, 6.07) is 11.5. The molecular weight excluding hydrogens is 368 g/mol. The van der Waals surface area contributed by atoms with Gasteiger partial charge in [0, 0.05) is 29.2 Å². The number of carbonyl (C=O) groups excluding carboxylic acids is 1. The van der Waals surface area contributed by atoms with E-state index < -0.39 is 6.10 Å². The summed E-state index contributed by atoms with van der Waals surface area (Å²) in [7, 11) is 0. The smallest absolute Gasteiger partial charge is 0.227 e. The number of pyridine rings is 1. The number of halogens is 1. The van der Waals surface area contributed by atoms with E-state index in [1.165, 1.54) is 11.3 Å². The third-order valence-corrected chi connectivity index (χ3v) is 5.45. The summed E-state index contributed by atoms with van der Waals surface area (Å²) in [5, 5.41) is 11.5. The van der Waals surface area contributed by atoms with E-state index in [2.05, 4.69) is 4.98 Å². The topological polar surface area (TPSA) is 53.4 Å². The van der Waals surface area contributed by atoms with Gasteiger partial charge in [0.1, 0.15) is 0 Å². The van der Waals surface area contributed by atoms with Crippen molar-refractivity contribution in [3.8, 4) is 0 Å². The molecule has 1 atom stereocenters. The first-order valence-electron chi connectivity index (χ1n) is 8.60. The number of benzene rings is 1. The van der Waals surface area contributed by atoms with Gasteiger partial charge in [0.05, 0.1) is 23.4 Å². The zero-order valence-corrected chi connectivity index (χ0v) is 16.1. The Bertz CT molecular complexity index is 882. The summed E-state index contributed by atoms with van der Waals surface area (Å²) in [4.78, 5) is 18.5. The largest absolute Gasteiger partial charge is 0.386 e. The van der Waals surface area contributed by atoms with E-state index in [0.717, 1.165) is 32.0 Å².